The van der Waals surface area contributed by atoms with Gasteiger partial charge in [-0.15, -0.1) is 0 Å². The van der Waals surface area contributed by atoms with Gasteiger partial charge in [-0.05, 0) is 62.1 Å². The van der Waals surface area contributed by atoms with Crippen molar-refractivity contribution in [1.29, 1.82) is 0 Å². The number of carbonyl (C=O) groups excluding carboxylic acids is 1. The number of hydrogen-bond donors (Lipinski definition) is 0. The van der Waals surface area contributed by atoms with E-state index in [-0.39, 0.29) is 5.92 Å². The summed E-state index contributed by atoms with van der Waals surface area (Å²) in [6, 6.07) is 14.5. The molecule has 1 aliphatic carbocycles. The zero-order valence-corrected chi connectivity index (χ0v) is 19.4. The van der Waals surface area contributed by atoms with Crippen molar-refractivity contribution < 1.29 is 9.53 Å². The lowest BCUT2D eigenvalue weighted by Gasteiger charge is -2.24. The number of carbonyl (C=O) groups is 1. The number of benzene rings is 2. The molecule has 5 rings (SSSR count). The number of aromatic nitrogens is 2. The van der Waals surface area contributed by atoms with Gasteiger partial charge in [-0.3, -0.25) is 4.79 Å². The van der Waals surface area contributed by atoms with Gasteiger partial charge in [-0.1, -0.05) is 36.6 Å². The first kappa shape index (κ1) is 21.3. The molecule has 1 atom stereocenters. The summed E-state index contributed by atoms with van der Waals surface area (Å²) in [6.45, 7) is 4.21. The maximum atomic E-state index is 12.8. The van der Waals surface area contributed by atoms with Crippen molar-refractivity contribution in [1.82, 2.24) is 14.5 Å². The Morgan fingerprint density at radius 1 is 1.16 bits per heavy atom. The molecule has 6 heteroatoms. The summed E-state index contributed by atoms with van der Waals surface area (Å²) in [7, 11) is 0. The van der Waals surface area contributed by atoms with Gasteiger partial charge in [0.25, 0.3) is 0 Å². The standard InChI is InChI=1S/C26H30ClN3O2/c1-18-15-21(11-12-22(18)27)32-14-6-13-29-24-10-5-4-9-23(24)28-26(29)19-16-25(31)30(17-19)20-7-2-3-8-20/h4-5,9-12,15,19-20H,2-3,6-8,13-14,16-17H2,1H3. The van der Waals surface area contributed by atoms with Crippen LogP contribution in [0.25, 0.3) is 11.0 Å². The van der Waals surface area contributed by atoms with E-state index in [1.807, 2.05) is 31.2 Å². The summed E-state index contributed by atoms with van der Waals surface area (Å²) in [5, 5.41) is 0.754. The topological polar surface area (TPSA) is 47.4 Å². The Morgan fingerprint density at radius 2 is 1.97 bits per heavy atom. The van der Waals surface area contributed by atoms with Crippen LogP contribution in [0.5, 0.6) is 5.75 Å². The maximum Gasteiger partial charge on any atom is 0.223 e. The SMILES string of the molecule is Cc1cc(OCCCn2c(C3CC(=O)N(C4CCCC4)C3)nc3ccccc32)ccc1Cl. The molecule has 168 valence electrons. The summed E-state index contributed by atoms with van der Waals surface area (Å²) in [4.78, 5) is 19.9. The second kappa shape index (κ2) is 9.14. The molecule has 0 radical (unpaired) electrons. The van der Waals surface area contributed by atoms with E-state index in [9.17, 15) is 4.79 Å². The van der Waals surface area contributed by atoms with Gasteiger partial charge in [0.1, 0.15) is 11.6 Å². The molecule has 1 saturated heterocycles. The monoisotopic (exact) mass is 451 g/mol. The molecule has 1 saturated carbocycles. The van der Waals surface area contributed by atoms with Crippen LogP contribution in [0, 0.1) is 6.92 Å². The molecule has 0 N–H and O–H groups in total. The predicted octanol–water partition coefficient (Wildman–Crippen LogP) is 5.73. The number of para-hydroxylation sites is 2. The van der Waals surface area contributed by atoms with Crippen molar-refractivity contribution in [3.63, 3.8) is 0 Å². The number of rotatable bonds is 7. The normalized spacial score (nSPS) is 19.4. The van der Waals surface area contributed by atoms with Gasteiger partial charge in [0.05, 0.1) is 17.6 Å². The molecular formula is C26H30ClN3O2. The van der Waals surface area contributed by atoms with Crippen molar-refractivity contribution in [2.45, 2.75) is 64.0 Å². The van der Waals surface area contributed by atoms with E-state index < -0.39 is 0 Å². The lowest BCUT2D eigenvalue weighted by atomic mass is 10.1. The summed E-state index contributed by atoms with van der Waals surface area (Å²) in [6.07, 6.45) is 6.21. The van der Waals surface area contributed by atoms with Gasteiger partial charge >= 0.3 is 0 Å². The van der Waals surface area contributed by atoms with Crippen molar-refractivity contribution in [3.05, 3.63) is 58.9 Å². The fraction of sp³-hybridized carbons (Fsp3) is 0.462. The van der Waals surface area contributed by atoms with E-state index in [2.05, 4.69) is 27.7 Å². The summed E-state index contributed by atoms with van der Waals surface area (Å²) >= 11 is 6.11. The Kier molecular flexibility index (Phi) is 6.09. The summed E-state index contributed by atoms with van der Waals surface area (Å²) in [5.74, 6) is 2.34. The summed E-state index contributed by atoms with van der Waals surface area (Å²) < 4.78 is 8.27. The van der Waals surface area contributed by atoms with E-state index in [0.29, 0.717) is 25.0 Å². The molecule has 0 bridgehead atoms. The molecule has 5 nitrogen and oxygen atoms in total. The molecule has 2 heterocycles. The van der Waals surface area contributed by atoms with Crippen LogP contribution in [0.3, 0.4) is 0 Å². The Labute approximate surface area is 194 Å². The van der Waals surface area contributed by atoms with Crippen LogP contribution >= 0.6 is 11.6 Å². The van der Waals surface area contributed by atoms with Crippen molar-refractivity contribution >= 4 is 28.5 Å². The highest BCUT2D eigenvalue weighted by molar-refractivity contribution is 6.31. The average molecular weight is 452 g/mol. The molecule has 1 unspecified atom stereocenters. The van der Waals surface area contributed by atoms with Gasteiger partial charge < -0.3 is 14.2 Å². The van der Waals surface area contributed by atoms with Gasteiger partial charge in [-0.25, -0.2) is 4.98 Å². The fourth-order valence-electron chi connectivity index (χ4n) is 5.23. The van der Waals surface area contributed by atoms with E-state index in [0.717, 1.165) is 65.5 Å². The van der Waals surface area contributed by atoms with Crippen molar-refractivity contribution in [2.24, 2.45) is 0 Å². The maximum absolute atomic E-state index is 12.8. The van der Waals surface area contributed by atoms with Crippen LogP contribution in [0.1, 0.15) is 55.8 Å². The minimum atomic E-state index is 0.162. The molecule has 3 aromatic rings. The highest BCUT2D eigenvalue weighted by Gasteiger charge is 2.38. The van der Waals surface area contributed by atoms with E-state index in [4.69, 9.17) is 21.3 Å². The number of aryl methyl sites for hydroxylation is 2. The lowest BCUT2D eigenvalue weighted by Crippen LogP contribution is -2.34. The minimum absolute atomic E-state index is 0.162. The fourth-order valence-corrected chi connectivity index (χ4v) is 5.35. The van der Waals surface area contributed by atoms with Crippen LogP contribution < -0.4 is 4.74 Å². The second-order valence-electron chi connectivity index (χ2n) is 9.11. The third kappa shape index (κ3) is 4.23. The van der Waals surface area contributed by atoms with E-state index in [1.165, 1.54) is 12.8 Å². The van der Waals surface area contributed by atoms with Gasteiger partial charge in [-0.2, -0.15) is 0 Å². The average Bonchev–Trinajstić information content (AvgIpc) is 3.52. The third-order valence-electron chi connectivity index (χ3n) is 6.90. The predicted molar refractivity (Wildman–Crippen MR) is 127 cm³/mol. The zero-order chi connectivity index (χ0) is 22.1. The third-order valence-corrected chi connectivity index (χ3v) is 7.32. The molecule has 32 heavy (non-hydrogen) atoms. The molecule has 2 fully saturated rings. The number of imidazole rings is 1. The number of ether oxygens (including phenoxy) is 1. The Bertz CT molecular complexity index is 1120. The van der Waals surface area contributed by atoms with Crippen LogP contribution in [0.4, 0.5) is 0 Å². The van der Waals surface area contributed by atoms with Crippen LogP contribution in [0.15, 0.2) is 42.5 Å². The molecular weight excluding hydrogens is 422 g/mol. The van der Waals surface area contributed by atoms with Crippen molar-refractivity contribution in [2.75, 3.05) is 13.2 Å². The summed E-state index contributed by atoms with van der Waals surface area (Å²) in [5.41, 5.74) is 3.16. The molecule has 1 amide bonds. The number of likely N-dealkylation sites (tertiary alicyclic amines) is 1. The first-order chi connectivity index (χ1) is 15.6. The molecule has 1 aromatic heterocycles. The van der Waals surface area contributed by atoms with Gasteiger partial charge in [0.2, 0.25) is 5.91 Å². The number of amides is 1. The second-order valence-corrected chi connectivity index (χ2v) is 9.52. The van der Waals surface area contributed by atoms with Crippen LogP contribution in [0.2, 0.25) is 5.02 Å². The number of fused-ring (bicyclic) bond motifs is 1. The van der Waals surface area contributed by atoms with E-state index in [1.54, 1.807) is 0 Å². The lowest BCUT2D eigenvalue weighted by molar-refractivity contribution is -0.129. The number of hydrogen-bond acceptors (Lipinski definition) is 3. The Balaban J connectivity index is 1.30. The van der Waals surface area contributed by atoms with Gasteiger partial charge in [0, 0.05) is 36.5 Å². The van der Waals surface area contributed by atoms with Crippen molar-refractivity contribution in [3.8, 4) is 5.75 Å². The van der Waals surface area contributed by atoms with Crippen LogP contribution in [-0.4, -0.2) is 39.6 Å². The highest BCUT2D eigenvalue weighted by Crippen LogP contribution is 2.35. The molecule has 2 aliphatic rings. The first-order valence-corrected chi connectivity index (χ1v) is 12.1. The molecule has 2 aromatic carbocycles. The van der Waals surface area contributed by atoms with E-state index >= 15 is 0 Å². The van der Waals surface area contributed by atoms with Crippen LogP contribution in [-0.2, 0) is 11.3 Å². The smallest absolute Gasteiger partial charge is 0.223 e. The minimum Gasteiger partial charge on any atom is -0.494 e. The number of nitrogens with zero attached hydrogens (tertiary/aromatic N) is 3. The van der Waals surface area contributed by atoms with Gasteiger partial charge in [0.15, 0.2) is 0 Å². The first-order valence-electron chi connectivity index (χ1n) is 11.7. The largest absolute Gasteiger partial charge is 0.494 e. The Morgan fingerprint density at radius 3 is 2.78 bits per heavy atom. The molecule has 0 spiro atoms. The Hall–Kier alpha value is -2.53. The quantitative estimate of drug-likeness (QED) is 0.431. The number of halogens is 1. The molecule has 1 aliphatic heterocycles. The zero-order valence-electron chi connectivity index (χ0n) is 18.6. The highest BCUT2D eigenvalue weighted by atomic mass is 35.5.